The second-order valence-corrected chi connectivity index (χ2v) is 4.45. The Hall–Kier alpha value is -1.92. The van der Waals surface area contributed by atoms with Crippen LogP contribution in [-0.2, 0) is 9.53 Å². The van der Waals surface area contributed by atoms with E-state index in [0.717, 1.165) is 0 Å². The summed E-state index contributed by atoms with van der Waals surface area (Å²) in [6, 6.07) is 6.36. The standard InChI is InChI=1S/C13H17N3O3/c1-19-8-6-11(15-7-8)13(18)16-10-5-3-2-4-9(10)12(14)17/h2-5,8,11,15H,6-7H2,1H3,(H2,14,17)(H,16,18). The fraction of sp³-hybridized carbons (Fsp3) is 0.385. The zero-order valence-corrected chi connectivity index (χ0v) is 10.7. The van der Waals surface area contributed by atoms with Crippen LogP contribution in [0.3, 0.4) is 0 Å². The molecule has 0 aliphatic carbocycles. The van der Waals surface area contributed by atoms with Crippen LogP contribution in [0, 0.1) is 0 Å². The van der Waals surface area contributed by atoms with Crippen LogP contribution in [0.5, 0.6) is 0 Å². The van der Waals surface area contributed by atoms with E-state index in [9.17, 15) is 9.59 Å². The molecule has 6 nitrogen and oxygen atoms in total. The van der Waals surface area contributed by atoms with Gasteiger partial charge in [-0.05, 0) is 18.6 Å². The molecule has 1 heterocycles. The van der Waals surface area contributed by atoms with Crippen LogP contribution < -0.4 is 16.4 Å². The first-order valence-corrected chi connectivity index (χ1v) is 6.07. The molecule has 6 heteroatoms. The Bertz CT molecular complexity index is 490. The Labute approximate surface area is 111 Å². The zero-order chi connectivity index (χ0) is 13.8. The molecule has 0 bridgehead atoms. The van der Waals surface area contributed by atoms with Gasteiger partial charge in [-0.3, -0.25) is 9.59 Å². The number of hydrogen-bond donors (Lipinski definition) is 3. The van der Waals surface area contributed by atoms with Gasteiger partial charge in [0.25, 0.3) is 5.91 Å². The summed E-state index contributed by atoms with van der Waals surface area (Å²) < 4.78 is 5.19. The molecular formula is C13H17N3O3. The molecule has 1 fully saturated rings. The highest BCUT2D eigenvalue weighted by atomic mass is 16.5. The molecule has 2 atom stereocenters. The minimum atomic E-state index is -0.565. The Morgan fingerprint density at radius 3 is 2.79 bits per heavy atom. The molecular weight excluding hydrogens is 246 g/mol. The third-order valence-corrected chi connectivity index (χ3v) is 3.19. The maximum atomic E-state index is 12.1. The lowest BCUT2D eigenvalue weighted by molar-refractivity contribution is -0.118. The Kier molecular flexibility index (Phi) is 4.13. The molecule has 0 aromatic heterocycles. The normalized spacial score (nSPS) is 22.2. The monoisotopic (exact) mass is 263 g/mol. The van der Waals surface area contributed by atoms with Crippen molar-refractivity contribution in [1.29, 1.82) is 0 Å². The van der Waals surface area contributed by atoms with Crippen molar-refractivity contribution in [3.8, 4) is 0 Å². The lowest BCUT2D eigenvalue weighted by Gasteiger charge is -2.13. The third-order valence-electron chi connectivity index (χ3n) is 3.19. The van der Waals surface area contributed by atoms with Crippen LogP contribution in [0.25, 0.3) is 0 Å². The summed E-state index contributed by atoms with van der Waals surface area (Å²) in [5, 5.41) is 5.79. The molecule has 102 valence electrons. The summed E-state index contributed by atoms with van der Waals surface area (Å²) in [5.41, 5.74) is 6.00. The molecule has 4 N–H and O–H groups in total. The number of primary amides is 1. The summed E-state index contributed by atoms with van der Waals surface area (Å²) in [6.45, 7) is 0.645. The van der Waals surface area contributed by atoms with Crippen molar-refractivity contribution in [3.05, 3.63) is 29.8 Å². The number of para-hydroxylation sites is 1. The topological polar surface area (TPSA) is 93.4 Å². The molecule has 2 rings (SSSR count). The fourth-order valence-electron chi connectivity index (χ4n) is 2.11. The summed E-state index contributed by atoms with van der Waals surface area (Å²) >= 11 is 0. The summed E-state index contributed by atoms with van der Waals surface area (Å²) in [5.74, 6) is -0.752. The van der Waals surface area contributed by atoms with Gasteiger partial charge in [0, 0.05) is 13.7 Å². The van der Waals surface area contributed by atoms with Crippen molar-refractivity contribution in [1.82, 2.24) is 5.32 Å². The van der Waals surface area contributed by atoms with E-state index >= 15 is 0 Å². The number of carbonyl (C=O) groups excluding carboxylic acids is 2. The van der Waals surface area contributed by atoms with Crippen LogP contribution in [0.2, 0.25) is 0 Å². The van der Waals surface area contributed by atoms with E-state index in [0.29, 0.717) is 24.2 Å². The highest BCUT2D eigenvalue weighted by Gasteiger charge is 2.29. The first kappa shape index (κ1) is 13.5. The van der Waals surface area contributed by atoms with Crippen molar-refractivity contribution in [3.63, 3.8) is 0 Å². The van der Waals surface area contributed by atoms with Gasteiger partial charge in [-0.15, -0.1) is 0 Å². The molecule has 1 aromatic rings. The number of methoxy groups -OCH3 is 1. The molecule has 0 spiro atoms. The molecule has 1 aliphatic rings. The van der Waals surface area contributed by atoms with Gasteiger partial charge in [-0.1, -0.05) is 12.1 Å². The quantitative estimate of drug-likeness (QED) is 0.718. The molecule has 1 saturated heterocycles. The molecule has 0 saturated carbocycles. The molecule has 1 aromatic carbocycles. The van der Waals surface area contributed by atoms with Gasteiger partial charge >= 0.3 is 0 Å². The number of carbonyl (C=O) groups is 2. The highest BCUT2D eigenvalue weighted by Crippen LogP contribution is 2.16. The highest BCUT2D eigenvalue weighted by molar-refractivity contribution is 6.04. The molecule has 19 heavy (non-hydrogen) atoms. The van der Waals surface area contributed by atoms with Crippen LogP contribution in [0.1, 0.15) is 16.8 Å². The molecule has 2 amide bonds. The van der Waals surface area contributed by atoms with E-state index in [1.165, 1.54) is 0 Å². The Morgan fingerprint density at radius 1 is 1.42 bits per heavy atom. The lowest BCUT2D eigenvalue weighted by Crippen LogP contribution is -2.36. The van der Waals surface area contributed by atoms with Gasteiger partial charge in [-0.2, -0.15) is 0 Å². The van der Waals surface area contributed by atoms with Crippen molar-refractivity contribution in [2.75, 3.05) is 19.0 Å². The van der Waals surface area contributed by atoms with Crippen LogP contribution in [0.15, 0.2) is 24.3 Å². The van der Waals surface area contributed by atoms with Gasteiger partial charge < -0.3 is 21.1 Å². The smallest absolute Gasteiger partial charge is 0.250 e. The van der Waals surface area contributed by atoms with Gasteiger partial charge in [-0.25, -0.2) is 0 Å². The van der Waals surface area contributed by atoms with E-state index in [4.69, 9.17) is 10.5 Å². The van der Waals surface area contributed by atoms with E-state index in [1.807, 2.05) is 0 Å². The van der Waals surface area contributed by atoms with Gasteiger partial charge in [0.1, 0.15) is 0 Å². The summed E-state index contributed by atoms with van der Waals surface area (Å²) in [4.78, 5) is 23.3. The van der Waals surface area contributed by atoms with E-state index in [1.54, 1.807) is 31.4 Å². The summed E-state index contributed by atoms with van der Waals surface area (Å²) in [7, 11) is 1.62. The minimum absolute atomic E-state index is 0.0436. The van der Waals surface area contributed by atoms with Crippen LogP contribution in [0.4, 0.5) is 5.69 Å². The average molecular weight is 263 g/mol. The number of anilines is 1. The number of benzene rings is 1. The third kappa shape index (κ3) is 3.10. The van der Waals surface area contributed by atoms with Gasteiger partial charge in [0.05, 0.1) is 23.4 Å². The SMILES string of the molecule is COC1CNC(C(=O)Nc2ccccc2C(N)=O)C1. The Balaban J connectivity index is 2.05. The maximum Gasteiger partial charge on any atom is 0.250 e. The lowest BCUT2D eigenvalue weighted by atomic mass is 10.1. The second-order valence-electron chi connectivity index (χ2n) is 4.45. The number of hydrogen-bond acceptors (Lipinski definition) is 4. The average Bonchev–Trinajstić information content (AvgIpc) is 2.88. The Morgan fingerprint density at radius 2 is 2.16 bits per heavy atom. The van der Waals surface area contributed by atoms with Crippen molar-refractivity contribution in [2.24, 2.45) is 5.73 Å². The molecule has 0 radical (unpaired) electrons. The van der Waals surface area contributed by atoms with Crippen LogP contribution >= 0.6 is 0 Å². The summed E-state index contributed by atoms with van der Waals surface area (Å²) in [6.07, 6.45) is 0.656. The van der Waals surface area contributed by atoms with Crippen molar-refractivity contribution in [2.45, 2.75) is 18.6 Å². The fourth-order valence-corrected chi connectivity index (χ4v) is 2.11. The van der Waals surface area contributed by atoms with Gasteiger partial charge in [0.15, 0.2) is 0 Å². The van der Waals surface area contributed by atoms with E-state index < -0.39 is 5.91 Å². The number of nitrogens with one attached hydrogen (secondary N) is 2. The first-order chi connectivity index (χ1) is 9.11. The predicted molar refractivity (Wildman–Crippen MR) is 70.8 cm³/mol. The second kappa shape index (κ2) is 5.81. The predicted octanol–water partition coefficient (Wildman–Crippen LogP) is 0.101. The molecule has 2 unspecified atom stereocenters. The van der Waals surface area contributed by atoms with Crippen molar-refractivity contribution < 1.29 is 14.3 Å². The minimum Gasteiger partial charge on any atom is -0.380 e. The number of ether oxygens (including phenoxy) is 1. The van der Waals surface area contributed by atoms with Crippen molar-refractivity contribution >= 4 is 17.5 Å². The largest absolute Gasteiger partial charge is 0.380 e. The van der Waals surface area contributed by atoms with Crippen LogP contribution in [-0.4, -0.2) is 37.6 Å². The number of rotatable bonds is 4. The molecule has 1 aliphatic heterocycles. The zero-order valence-electron chi connectivity index (χ0n) is 10.7. The van der Waals surface area contributed by atoms with E-state index in [-0.39, 0.29) is 18.1 Å². The maximum absolute atomic E-state index is 12.1. The van der Waals surface area contributed by atoms with E-state index in [2.05, 4.69) is 10.6 Å². The number of nitrogens with two attached hydrogens (primary N) is 1. The first-order valence-electron chi connectivity index (χ1n) is 6.07. The van der Waals surface area contributed by atoms with Gasteiger partial charge in [0.2, 0.25) is 5.91 Å². The number of amides is 2.